The third-order valence-electron chi connectivity index (χ3n) is 2.14. The van der Waals surface area contributed by atoms with Gasteiger partial charge in [-0.2, -0.15) is 0 Å². The maximum Gasteiger partial charge on any atom is 0.145 e. The zero-order valence-corrected chi connectivity index (χ0v) is 9.17. The van der Waals surface area contributed by atoms with Gasteiger partial charge in [0, 0.05) is 6.20 Å². The second-order valence-corrected chi connectivity index (χ2v) is 3.60. The molecule has 1 unspecified atom stereocenters. The Balaban J connectivity index is 2.80. The van der Waals surface area contributed by atoms with Gasteiger partial charge in [0.25, 0.3) is 0 Å². The van der Waals surface area contributed by atoms with Crippen molar-refractivity contribution in [1.82, 2.24) is 4.98 Å². The van der Waals surface area contributed by atoms with Crippen LogP contribution >= 0.6 is 11.6 Å². The summed E-state index contributed by atoms with van der Waals surface area (Å²) in [5.41, 5.74) is 0.983. The van der Waals surface area contributed by atoms with Gasteiger partial charge >= 0.3 is 0 Å². The molecule has 1 aromatic rings. The second kappa shape index (κ2) is 5.17. The van der Waals surface area contributed by atoms with Crippen LogP contribution < -0.4 is 5.32 Å². The zero-order chi connectivity index (χ0) is 10.6. The minimum Gasteiger partial charge on any atom is -0.394 e. The Morgan fingerprint density at radius 2 is 2.36 bits per heavy atom. The van der Waals surface area contributed by atoms with Gasteiger partial charge in [-0.15, -0.1) is 0 Å². The van der Waals surface area contributed by atoms with Crippen molar-refractivity contribution in [2.75, 3.05) is 11.9 Å². The van der Waals surface area contributed by atoms with Gasteiger partial charge in [-0.1, -0.05) is 18.5 Å². The van der Waals surface area contributed by atoms with E-state index in [1.807, 2.05) is 19.9 Å². The Morgan fingerprint density at radius 1 is 1.64 bits per heavy atom. The quantitative estimate of drug-likeness (QED) is 0.808. The molecule has 0 aliphatic heterocycles. The number of aryl methyl sites for hydroxylation is 1. The molecule has 1 heterocycles. The first-order chi connectivity index (χ1) is 6.69. The third-order valence-corrected chi connectivity index (χ3v) is 2.61. The lowest BCUT2D eigenvalue weighted by atomic mass is 10.2. The molecule has 0 aliphatic rings. The number of hydrogen-bond acceptors (Lipinski definition) is 3. The molecule has 0 saturated carbocycles. The molecule has 0 fully saturated rings. The minimum atomic E-state index is 0.0156. The first-order valence-corrected chi connectivity index (χ1v) is 5.05. The van der Waals surface area contributed by atoms with E-state index in [1.54, 1.807) is 6.20 Å². The van der Waals surface area contributed by atoms with E-state index in [2.05, 4.69) is 10.3 Å². The van der Waals surface area contributed by atoms with Gasteiger partial charge in [-0.3, -0.25) is 0 Å². The normalized spacial score (nSPS) is 12.6. The summed E-state index contributed by atoms with van der Waals surface area (Å²) in [7, 11) is 0. The van der Waals surface area contributed by atoms with Crippen LogP contribution in [-0.4, -0.2) is 22.7 Å². The highest BCUT2D eigenvalue weighted by molar-refractivity contribution is 6.33. The van der Waals surface area contributed by atoms with Gasteiger partial charge in [-0.25, -0.2) is 4.98 Å². The topological polar surface area (TPSA) is 45.1 Å². The van der Waals surface area contributed by atoms with Gasteiger partial charge < -0.3 is 10.4 Å². The van der Waals surface area contributed by atoms with E-state index in [1.165, 1.54) is 0 Å². The molecule has 0 bridgehead atoms. The van der Waals surface area contributed by atoms with Crippen LogP contribution in [0.1, 0.15) is 18.9 Å². The molecule has 0 spiro atoms. The predicted octanol–water partition coefficient (Wildman–Crippen LogP) is 2.23. The van der Waals surface area contributed by atoms with Gasteiger partial charge in [-0.05, 0) is 25.0 Å². The summed E-state index contributed by atoms with van der Waals surface area (Å²) in [6.45, 7) is 4.01. The highest BCUT2D eigenvalue weighted by Gasteiger charge is 2.09. The van der Waals surface area contributed by atoms with Gasteiger partial charge in [0.2, 0.25) is 0 Å². The minimum absolute atomic E-state index is 0.0156. The van der Waals surface area contributed by atoms with Crippen LogP contribution in [0.15, 0.2) is 12.3 Å². The van der Waals surface area contributed by atoms with Gasteiger partial charge in [0.15, 0.2) is 0 Å². The summed E-state index contributed by atoms with van der Waals surface area (Å²) in [5.74, 6) is 0.646. The smallest absolute Gasteiger partial charge is 0.145 e. The van der Waals surface area contributed by atoms with E-state index in [9.17, 15) is 0 Å². The average Bonchev–Trinajstić information content (AvgIpc) is 2.20. The summed E-state index contributed by atoms with van der Waals surface area (Å²) in [6.07, 6.45) is 2.54. The van der Waals surface area contributed by atoms with Crippen molar-refractivity contribution in [2.24, 2.45) is 0 Å². The summed E-state index contributed by atoms with van der Waals surface area (Å²) in [6, 6.07) is 1.87. The fourth-order valence-electron chi connectivity index (χ4n) is 1.11. The highest BCUT2D eigenvalue weighted by atomic mass is 35.5. The molecule has 0 amide bonds. The molecule has 3 nitrogen and oxygen atoms in total. The number of rotatable bonds is 4. The van der Waals surface area contributed by atoms with Crippen molar-refractivity contribution in [3.8, 4) is 0 Å². The molecular formula is C10H15ClN2O. The highest BCUT2D eigenvalue weighted by Crippen LogP contribution is 2.23. The number of aromatic nitrogens is 1. The molecular weight excluding hydrogens is 200 g/mol. The number of nitrogens with zero attached hydrogens (tertiary/aromatic N) is 1. The first-order valence-electron chi connectivity index (χ1n) is 4.67. The molecule has 2 N–H and O–H groups in total. The number of aliphatic hydroxyl groups is 1. The monoisotopic (exact) mass is 214 g/mol. The number of halogens is 1. The van der Waals surface area contributed by atoms with Crippen LogP contribution in [0, 0.1) is 6.92 Å². The summed E-state index contributed by atoms with van der Waals surface area (Å²) < 4.78 is 0. The number of nitrogens with one attached hydrogen (secondary N) is 1. The van der Waals surface area contributed by atoms with E-state index >= 15 is 0 Å². The number of anilines is 1. The molecule has 0 aliphatic carbocycles. The fraction of sp³-hybridized carbons (Fsp3) is 0.500. The van der Waals surface area contributed by atoms with Crippen molar-refractivity contribution in [2.45, 2.75) is 26.3 Å². The van der Waals surface area contributed by atoms with Gasteiger partial charge in [0.1, 0.15) is 5.82 Å². The van der Waals surface area contributed by atoms with E-state index in [4.69, 9.17) is 16.7 Å². The summed E-state index contributed by atoms with van der Waals surface area (Å²) in [5, 5.41) is 12.7. The van der Waals surface area contributed by atoms with E-state index in [-0.39, 0.29) is 12.6 Å². The Morgan fingerprint density at radius 3 is 2.93 bits per heavy atom. The molecule has 0 radical (unpaired) electrons. The molecule has 1 aromatic heterocycles. The standard InChI is InChI=1S/C10H15ClN2O/c1-3-8(6-14)13-10-9(11)7(2)4-5-12-10/h4-5,8,14H,3,6H2,1-2H3,(H,12,13). The number of aliphatic hydroxyl groups excluding tert-OH is 1. The zero-order valence-electron chi connectivity index (χ0n) is 8.42. The average molecular weight is 215 g/mol. The predicted molar refractivity (Wildman–Crippen MR) is 58.8 cm³/mol. The van der Waals surface area contributed by atoms with Crippen molar-refractivity contribution >= 4 is 17.4 Å². The van der Waals surface area contributed by atoms with Crippen LogP contribution in [0.25, 0.3) is 0 Å². The Hall–Kier alpha value is -0.800. The van der Waals surface area contributed by atoms with Crippen molar-refractivity contribution in [3.05, 3.63) is 22.8 Å². The Labute approximate surface area is 89.1 Å². The second-order valence-electron chi connectivity index (χ2n) is 3.22. The SMILES string of the molecule is CCC(CO)Nc1nccc(C)c1Cl. The maximum absolute atomic E-state index is 9.01. The molecule has 14 heavy (non-hydrogen) atoms. The van der Waals surface area contributed by atoms with Gasteiger partial charge in [0.05, 0.1) is 17.7 Å². The van der Waals surface area contributed by atoms with Crippen LogP contribution in [0.2, 0.25) is 5.02 Å². The van der Waals surface area contributed by atoms with Crippen LogP contribution in [-0.2, 0) is 0 Å². The molecule has 78 valence electrons. The largest absolute Gasteiger partial charge is 0.394 e. The fourth-order valence-corrected chi connectivity index (χ4v) is 1.28. The van der Waals surface area contributed by atoms with Crippen molar-refractivity contribution < 1.29 is 5.11 Å². The molecule has 0 saturated heterocycles. The molecule has 1 atom stereocenters. The number of pyridine rings is 1. The van der Waals surface area contributed by atoms with Crippen LogP contribution in [0.5, 0.6) is 0 Å². The van der Waals surface area contributed by atoms with Crippen molar-refractivity contribution in [3.63, 3.8) is 0 Å². The van der Waals surface area contributed by atoms with E-state index in [0.717, 1.165) is 12.0 Å². The molecule has 0 aromatic carbocycles. The lowest BCUT2D eigenvalue weighted by Gasteiger charge is -2.16. The first kappa shape index (κ1) is 11.3. The van der Waals surface area contributed by atoms with Crippen LogP contribution in [0.3, 0.4) is 0 Å². The lowest BCUT2D eigenvalue weighted by molar-refractivity contribution is 0.271. The molecule has 4 heteroatoms. The Kier molecular flexibility index (Phi) is 4.17. The molecule has 1 rings (SSSR count). The van der Waals surface area contributed by atoms with E-state index in [0.29, 0.717) is 10.8 Å². The summed E-state index contributed by atoms with van der Waals surface area (Å²) >= 11 is 6.04. The maximum atomic E-state index is 9.01. The van der Waals surface area contributed by atoms with Crippen LogP contribution in [0.4, 0.5) is 5.82 Å². The van der Waals surface area contributed by atoms with E-state index < -0.39 is 0 Å². The summed E-state index contributed by atoms with van der Waals surface area (Å²) in [4.78, 5) is 4.12. The lowest BCUT2D eigenvalue weighted by Crippen LogP contribution is -2.23. The van der Waals surface area contributed by atoms with Crippen molar-refractivity contribution in [1.29, 1.82) is 0 Å². The number of hydrogen-bond donors (Lipinski definition) is 2. The third kappa shape index (κ3) is 2.59. The Bertz CT molecular complexity index is 300.